The first kappa shape index (κ1) is 10.6. The van der Waals surface area contributed by atoms with Crippen LogP contribution in [0.15, 0.2) is 17.1 Å². The van der Waals surface area contributed by atoms with E-state index in [9.17, 15) is 8.78 Å². The van der Waals surface area contributed by atoms with Crippen molar-refractivity contribution in [3.8, 4) is 0 Å². The quantitative estimate of drug-likeness (QED) is 0.509. The van der Waals surface area contributed by atoms with Gasteiger partial charge in [0.05, 0.1) is 6.20 Å². The molecule has 0 aromatic rings. The third-order valence-corrected chi connectivity index (χ3v) is 3.46. The van der Waals surface area contributed by atoms with E-state index in [1.54, 1.807) is 4.90 Å². The molecule has 0 radical (unpaired) electrons. The molecule has 2 nitrogen and oxygen atoms in total. The van der Waals surface area contributed by atoms with Gasteiger partial charge in [-0.25, -0.2) is 4.99 Å². The maximum Gasteiger partial charge on any atom is 0.208 e. The van der Waals surface area contributed by atoms with E-state index >= 15 is 0 Å². The van der Waals surface area contributed by atoms with Crippen LogP contribution in [-0.2, 0) is 0 Å². The minimum atomic E-state index is -0.609. The molecule has 1 heterocycles. The number of hydrogen-bond acceptors (Lipinski definition) is 2. The molecule has 1 aliphatic heterocycles. The molecule has 84 valence electrons. The number of hydrogen-bond donors (Lipinski definition) is 0. The van der Waals surface area contributed by atoms with E-state index in [0.29, 0.717) is 17.9 Å². The van der Waals surface area contributed by atoms with Crippen molar-refractivity contribution in [2.45, 2.75) is 32.7 Å². The molecule has 3 atom stereocenters. The highest BCUT2D eigenvalue weighted by atomic mass is 19.1. The van der Waals surface area contributed by atoms with Gasteiger partial charge in [0.15, 0.2) is 5.97 Å². The van der Waals surface area contributed by atoms with Crippen LogP contribution >= 0.6 is 0 Å². The van der Waals surface area contributed by atoms with Gasteiger partial charge in [-0.15, -0.1) is 0 Å². The summed E-state index contributed by atoms with van der Waals surface area (Å²) < 4.78 is 25.9. The Morgan fingerprint density at radius 1 is 1.47 bits per heavy atom. The van der Waals surface area contributed by atoms with E-state index in [1.807, 2.05) is 0 Å². The third-order valence-electron chi connectivity index (χ3n) is 3.46. The van der Waals surface area contributed by atoms with Crippen LogP contribution in [0.4, 0.5) is 8.78 Å². The second kappa shape index (κ2) is 3.91. The summed E-state index contributed by atoms with van der Waals surface area (Å²) in [5, 5.41) is 0. The molecule has 1 saturated heterocycles. The molecule has 0 amide bonds. The number of halogens is 2. The van der Waals surface area contributed by atoms with Gasteiger partial charge < -0.3 is 4.90 Å². The minimum absolute atomic E-state index is 0.316. The van der Waals surface area contributed by atoms with E-state index in [2.05, 4.69) is 11.9 Å². The molecule has 0 spiro atoms. The highest BCUT2D eigenvalue weighted by Gasteiger charge is 2.46. The predicted octanol–water partition coefficient (Wildman–Crippen LogP) is 2.87. The Kier molecular flexibility index (Phi) is 2.76. The Balaban J connectivity index is 2.05. The van der Waals surface area contributed by atoms with Crippen LogP contribution in [-0.4, -0.2) is 23.5 Å². The first-order valence-corrected chi connectivity index (χ1v) is 5.42. The molecule has 0 aromatic carbocycles. The molecule has 2 rings (SSSR count). The zero-order valence-corrected chi connectivity index (χ0v) is 9.08. The van der Waals surface area contributed by atoms with Crippen LogP contribution in [0.25, 0.3) is 0 Å². The highest BCUT2D eigenvalue weighted by Crippen LogP contribution is 2.46. The van der Waals surface area contributed by atoms with Gasteiger partial charge in [-0.1, -0.05) is 6.92 Å². The van der Waals surface area contributed by atoms with Gasteiger partial charge in [0, 0.05) is 19.5 Å². The summed E-state index contributed by atoms with van der Waals surface area (Å²) in [7, 11) is 0. The van der Waals surface area contributed by atoms with Crippen molar-refractivity contribution < 1.29 is 8.78 Å². The van der Waals surface area contributed by atoms with Gasteiger partial charge in [-0.2, -0.15) is 8.78 Å². The van der Waals surface area contributed by atoms with Crippen LogP contribution in [0.5, 0.6) is 0 Å². The fraction of sp³-hybridized carbons (Fsp3) is 0.727. The lowest BCUT2D eigenvalue weighted by Crippen LogP contribution is -2.45. The normalized spacial score (nSPS) is 36.5. The van der Waals surface area contributed by atoms with Gasteiger partial charge in [0.2, 0.25) is 5.95 Å². The lowest BCUT2D eigenvalue weighted by Gasteiger charge is -2.42. The third kappa shape index (κ3) is 1.90. The Morgan fingerprint density at radius 3 is 2.80 bits per heavy atom. The Morgan fingerprint density at radius 2 is 2.20 bits per heavy atom. The van der Waals surface area contributed by atoms with Crippen molar-refractivity contribution in [1.82, 2.24) is 4.90 Å². The molecule has 0 bridgehead atoms. The monoisotopic (exact) mass is 214 g/mol. The number of nitrogens with zero attached hydrogens (tertiary/aromatic N) is 2. The van der Waals surface area contributed by atoms with Crippen molar-refractivity contribution in [1.29, 1.82) is 0 Å². The van der Waals surface area contributed by atoms with Crippen molar-refractivity contribution in [3.63, 3.8) is 0 Å². The van der Waals surface area contributed by atoms with Crippen LogP contribution in [0.2, 0.25) is 0 Å². The smallest absolute Gasteiger partial charge is 0.208 e. The first-order valence-electron chi connectivity index (χ1n) is 5.42. The Hall–Kier alpha value is -0.930. The van der Waals surface area contributed by atoms with Gasteiger partial charge in [-0.3, -0.25) is 0 Å². The van der Waals surface area contributed by atoms with Crippen LogP contribution in [0.3, 0.4) is 0 Å². The lowest BCUT2D eigenvalue weighted by atomic mass is 9.71. The molecule has 15 heavy (non-hydrogen) atoms. The van der Waals surface area contributed by atoms with Crippen LogP contribution in [0.1, 0.15) is 26.7 Å². The molecular weight excluding hydrogens is 198 g/mol. The number of rotatable bonds is 2. The summed E-state index contributed by atoms with van der Waals surface area (Å²) in [5.41, 5.74) is 0. The maximum atomic E-state index is 13.6. The van der Waals surface area contributed by atoms with E-state index in [4.69, 9.17) is 0 Å². The fourth-order valence-electron chi connectivity index (χ4n) is 2.80. The average molecular weight is 214 g/mol. The summed E-state index contributed by atoms with van der Waals surface area (Å²) in [6.45, 7) is 4.09. The summed E-state index contributed by atoms with van der Waals surface area (Å²) in [5.74, 6) is 0.176. The van der Waals surface area contributed by atoms with E-state index in [1.165, 1.54) is 13.3 Å². The second-order valence-electron chi connectivity index (χ2n) is 4.52. The largest absolute Gasteiger partial charge is 0.344 e. The second-order valence-corrected chi connectivity index (χ2v) is 4.52. The topological polar surface area (TPSA) is 15.6 Å². The zero-order chi connectivity index (χ0) is 11.0. The minimum Gasteiger partial charge on any atom is -0.344 e. The van der Waals surface area contributed by atoms with Crippen LogP contribution in [0, 0.1) is 11.8 Å². The predicted molar refractivity (Wildman–Crippen MR) is 55.8 cm³/mol. The zero-order valence-electron chi connectivity index (χ0n) is 9.08. The molecule has 3 unspecified atom stereocenters. The SMILES string of the molecule is C/C(F)=N\C=C(\F)N1CCC2CC(C)C21. The fourth-order valence-corrected chi connectivity index (χ4v) is 2.80. The van der Waals surface area contributed by atoms with Crippen molar-refractivity contribution in [2.24, 2.45) is 16.8 Å². The Bertz CT molecular complexity index is 308. The van der Waals surface area contributed by atoms with Crippen molar-refractivity contribution in [3.05, 3.63) is 12.2 Å². The van der Waals surface area contributed by atoms with Gasteiger partial charge in [0.1, 0.15) is 0 Å². The summed E-state index contributed by atoms with van der Waals surface area (Å²) in [6, 6.07) is 0.316. The number of fused-ring (bicyclic) bond motifs is 1. The molecule has 1 aliphatic carbocycles. The molecule has 2 aliphatic rings. The number of aliphatic imine (C=N–C) groups is 1. The van der Waals surface area contributed by atoms with E-state index in [0.717, 1.165) is 19.2 Å². The summed E-state index contributed by atoms with van der Waals surface area (Å²) in [4.78, 5) is 5.08. The molecular formula is C11H16F2N2. The van der Waals surface area contributed by atoms with Crippen molar-refractivity contribution >= 4 is 5.97 Å². The molecule has 4 heteroatoms. The van der Waals surface area contributed by atoms with Gasteiger partial charge in [-0.05, 0) is 24.7 Å². The first-order chi connectivity index (χ1) is 7.09. The standard InChI is InChI=1S/C11H16F2N2/c1-7-5-9-3-4-15(11(7)9)10(13)6-14-8(2)12/h6-7,9,11H,3-5H2,1-2H3/b10-6-,14-8+. The molecule has 2 fully saturated rings. The average Bonchev–Trinajstić information content (AvgIpc) is 2.51. The molecule has 0 aromatic heterocycles. The summed E-state index contributed by atoms with van der Waals surface area (Å²) >= 11 is 0. The van der Waals surface area contributed by atoms with E-state index in [-0.39, 0.29) is 0 Å². The highest BCUT2D eigenvalue weighted by molar-refractivity contribution is 5.72. The van der Waals surface area contributed by atoms with Gasteiger partial charge >= 0.3 is 0 Å². The van der Waals surface area contributed by atoms with Crippen molar-refractivity contribution in [2.75, 3.05) is 6.54 Å². The molecule has 0 N–H and O–H groups in total. The van der Waals surface area contributed by atoms with Gasteiger partial charge in [0.25, 0.3) is 0 Å². The number of likely N-dealkylation sites (tertiary alicyclic amines) is 1. The van der Waals surface area contributed by atoms with E-state index < -0.39 is 11.9 Å². The van der Waals surface area contributed by atoms with Crippen LogP contribution < -0.4 is 0 Å². The summed E-state index contributed by atoms with van der Waals surface area (Å²) in [6.07, 6.45) is 3.23. The molecule has 1 saturated carbocycles. The Labute approximate surface area is 88.7 Å². The lowest BCUT2D eigenvalue weighted by molar-refractivity contribution is 0.0799. The maximum absolute atomic E-state index is 13.6.